The van der Waals surface area contributed by atoms with E-state index in [0.29, 0.717) is 27.2 Å². The molecule has 2 N–H and O–H groups in total. The van der Waals surface area contributed by atoms with Crippen molar-refractivity contribution in [2.75, 3.05) is 31.4 Å². The van der Waals surface area contributed by atoms with Gasteiger partial charge in [0.2, 0.25) is 5.91 Å². The molecule has 2 rings (SSSR count). The SMILES string of the molecule is COc1ccc(NCC(=O)Nc2ccc(OC)c(Cl)c2)cc1Cl. The molecular formula is C16H16Cl2N2O3. The lowest BCUT2D eigenvalue weighted by atomic mass is 10.3. The molecule has 0 aromatic heterocycles. The Hall–Kier alpha value is -2.11. The van der Waals surface area contributed by atoms with Crippen LogP contribution in [0.1, 0.15) is 0 Å². The van der Waals surface area contributed by atoms with E-state index in [2.05, 4.69) is 10.6 Å². The minimum atomic E-state index is -0.210. The van der Waals surface area contributed by atoms with Crippen molar-refractivity contribution >= 4 is 40.5 Å². The van der Waals surface area contributed by atoms with Crippen molar-refractivity contribution in [1.82, 2.24) is 0 Å². The summed E-state index contributed by atoms with van der Waals surface area (Å²) in [4.78, 5) is 12.0. The molecule has 0 bridgehead atoms. The first-order chi connectivity index (χ1) is 11.0. The van der Waals surface area contributed by atoms with Crippen molar-refractivity contribution in [2.24, 2.45) is 0 Å². The van der Waals surface area contributed by atoms with Gasteiger partial charge in [-0.2, -0.15) is 0 Å². The zero-order valence-electron chi connectivity index (χ0n) is 12.7. The van der Waals surface area contributed by atoms with Gasteiger partial charge in [-0.15, -0.1) is 0 Å². The summed E-state index contributed by atoms with van der Waals surface area (Å²) >= 11 is 12.0. The van der Waals surface area contributed by atoms with Crippen LogP contribution in [0.25, 0.3) is 0 Å². The lowest BCUT2D eigenvalue weighted by molar-refractivity contribution is -0.114. The number of methoxy groups -OCH3 is 2. The second-order valence-electron chi connectivity index (χ2n) is 4.60. The Labute approximate surface area is 144 Å². The number of hydrogen-bond donors (Lipinski definition) is 2. The highest BCUT2D eigenvalue weighted by molar-refractivity contribution is 6.32. The van der Waals surface area contributed by atoms with Crippen molar-refractivity contribution in [1.29, 1.82) is 0 Å². The average Bonchev–Trinajstić information content (AvgIpc) is 2.53. The highest BCUT2D eigenvalue weighted by atomic mass is 35.5. The summed E-state index contributed by atoms with van der Waals surface area (Å²) in [6, 6.07) is 10.2. The number of nitrogens with one attached hydrogen (secondary N) is 2. The number of carbonyl (C=O) groups excluding carboxylic acids is 1. The van der Waals surface area contributed by atoms with Crippen LogP contribution in [-0.2, 0) is 4.79 Å². The van der Waals surface area contributed by atoms with Crippen LogP contribution in [-0.4, -0.2) is 26.7 Å². The van der Waals surface area contributed by atoms with Gasteiger partial charge >= 0.3 is 0 Å². The van der Waals surface area contributed by atoms with Gasteiger partial charge in [0.25, 0.3) is 0 Å². The maximum Gasteiger partial charge on any atom is 0.243 e. The van der Waals surface area contributed by atoms with Crippen LogP contribution >= 0.6 is 23.2 Å². The van der Waals surface area contributed by atoms with E-state index in [0.717, 1.165) is 5.69 Å². The molecule has 1 amide bonds. The number of ether oxygens (including phenoxy) is 2. The Morgan fingerprint density at radius 3 is 2.00 bits per heavy atom. The Morgan fingerprint density at radius 1 is 0.957 bits per heavy atom. The molecule has 0 fully saturated rings. The van der Waals surface area contributed by atoms with Gasteiger partial charge in [-0.3, -0.25) is 4.79 Å². The molecule has 0 aliphatic carbocycles. The van der Waals surface area contributed by atoms with Gasteiger partial charge in [-0.05, 0) is 36.4 Å². The van der Waals surface area contributed by atoms with Crippen LogP contribution < -0.4 is 20.1 Å². The van der Waals surface area contributed by atoms with E-state index < -0.39 is 0 Å². The highest BCUT2D eigenvalue weighted by Crippen LogP contribution is 2.28. The van der Waals surface area contributed by atoms with Crippen LogP contribution in [0.4, 0.5) is 11.4 Å². The fourth-order valence-corrected chi connectivity index (χ4v) is 2.42. The Morgan fingerprint density at radius 2 is 1.48 bits per heavy atom. The standard InChI is InChI=1S/C16H16Cl2N2O3/c1-22-14-5-3-10(7-12(14)17)19-9-16(21)20-11-4-6-15(23-2)13(18)8-11/h3-8,19H,9H2,1-2H3,(H,20,21). The van der Waals surface area contributed by atoms with Gasteiger partial charge in [0, 0.05) is 11.4 Å². The predicted molar refractivity (Wildman–Crippen MR) is 93.1 cm³/mol. The van der Waals surface area contributed by atoms with E-state index in [4.69, 9.17) is 32.7 Å². The van der Waals surface area contributed by atoms with Crippen LogP contribution in [0, 0.1) is 0 Å². The van der Waals surface area contributed by atoms with Gasteiger partial charge in [0.1, 0.15) is 11.5 Å². The van der Waals surface area contributed by atoms with Crippen molar-refractivity contribution in [3.05, 3.63) is 46.4 Å². The van der Waals surface area contributed by atoms with Crippen LogP contribution in [0.5, 0.6) is 11.5 Å². The van der Waals surface area contributed by atoms with Crippen molar-refractivity contribution in [3.8, 4) is 11.5 Å². The quantitative estimate of drug-likeness (QED) is 0.820. The second kappa shape index (κ2) is 7.94. The summed E-state index contributed by atoms with van der Waals surface area (Å²) in [5.41, 5.74) is 1.31. The van der Waals surface area contributed by atoms with Gasteiger partial charge < -0.3 is 20.1 Å². The monoisotopic (exact) mass is 354 g/mol. The van der Waals surface area contributed by atoms with Crippen LogP contribution in [0.15, 0.2) is 36.4 Å². The zero-order valence-corrected chi connectivity index (χ0v) is 14.2. The Kier molecular flexibility index (Phi) is 5.96. The van der Waals surface area contributed by atoms with Gasteiger partial charge in [0.15, 0.2) is 0 Å². The molecule has 0 saturated carbocycles. The highest BCUT2D eigenvalue weighted by Gasteiger charge is 2.07. The number of carbonyl (C=O) groups is 1. The third-order valence-corrected chi connectivity index (χ3v) is 3.63. The smallest absolute Gasteiger partial charge is 0.243 e. The first-order valence-corrected chi connectivity index (χ1v) is 7.50. The van der Waals surface area contributed by atoms with Gasteiger partial charge in [-0.1, -0.05) is 23.2 Å². The predicted octanol–water partition coefficient (Wildman–Crippen LogP) is 4.06. The summed E-state index contributed by atoms with van der Waals surface area (Å²) in [7, 11) is 3.07. The average molecular weight is 355 g/mol. The Balaban J connectivity index is 1.92. The molecule has 7 heteroatoms. The van der Waals surface area contributed by atoms with E-state index in [9.17, 15) is 4.79 Å². The molecule has 0 saturated heterocycles. The van der Waals surface area contributed by atoms with E-state index in [1.807, 2.05) is 0 Å². The third kappa shape index (κ3) is 4.68. The number of amides is 1. The fraction of sp³-hybridized carbons (Fsp3) is 0.188. The fourth-order valence-electron chi connectivity index (χ4n) is 1.91. The second-order valence-corrected chi connectivity index (χ2v) is 5.41. The topological polar surface area (TPSA) is 59.6 Å². The third-order valence-electron chi connectivity index (χ3n) is 3.04. The number of hydrogen-bond acceptors (Lipinski definition) is 4. The maximum absolute atomic E-state index is 12.0. The lowest BCUT2D eigenvalue weighted by Gasteiger charge is -2.10. The number of anilines is 2. The minimum Gasteiger partial charge on any atom is -0.495 e. The molecule has 5 nitrogen and oxygen atoms in total. The molecule has 0 spiro atoms. The molecule has 2 aromatic rings. The lowest BCUT2D eigenvalue weighted by Crippen LogP contribution is -2.21. The largest absolute Gasteiger partial charge is 0.495 e. The summed E-state index contributed by atoms with van der Waals surface area (Å²) in [6.07, 6.45) is 0. The first-order valence-electron chi connectivity index (χ1n) is 6.74. The van der Waals surface area contributed by atoms with E-state index >= 15 is 0 Å². The molecule has 122 valence electrons. The number of rotatable bonds is 6. The summed E-state index contributed by atoms with van der Waals surface area (Å²) in [5, 5.41) is 6.63. The van der Waals surface area contributed by atoms with E-state index in [-0.39, 0.29) is 12.5 Å². The first kappa shape index (κ1) is 17.2. The van der Waals surface area contributed by atoms with E-state index in [1.165, 1.54) is 7.11 Å². The molecule has 0 aliphatic rings. The molecule has 0 heterocycles. The molecular weight excluding hydrogens is 339 g/mol. The van der Waals surface area contributed by atoms with E-state index in [1.54, 1.807) is 43.5 Å². The zero-order chi connectivity index (χ0) is 16.8. The summed E-state index contributed by atoms with van der Waals surface area (Å²) < 4.78 is 10.1. The molecule has 0 unspecified atom stereocenters. The summed E-state index contributed by atoms with van der Waals surface area (Å²) in [5.74, 6) is 0.920. The molecule has 2 aromatic carbocycles. The normalized spacial score (nSPS) is 10.1. The van der Waals surface area contributed by atoms with Gasteiger partial charge in [-0.25, -0.2) is 0 Å². The summed E-state index contributed by atoms with van der Waals surface area (Å²) in [6.45, 7) is 0.0896. The molecule has 0 aliphatic heterocycles. The van der Waals surface area contributed by atoms with Crippen molar-refractivity contribution in [3.63, 3.8) is 0 Å². The van der Waals surface area contributed by atoms with Gasteiger partial charge in [0.05, 0.1) is 30.8 Å². The molecule has 23 heavy (non-hydrogen) atoms. The minimum absolute atomic E-state index is 0.0896. The van der Waals surface area contributed by atoms with Crippen molar-refractivity contribution < 1.29 is 14.3 Å². The Bertz CT molecular complexity index is 708. The number of benzene rings is 2. The molecule has 0 atom stereocenters. The van der Waals surface area contributed by atoms with Crippen LogP contribution in [0.3, 0.4) is 0 Å². The molecule has 0 radical (unpaired) electrons. The number of halogens is 2. The maximum atomic E-state index is 12.0. The van der Waals surface area contributed by atoms with Crippen LogP contribution in [0.2, 0.25) is 10.0 Å². The van der Waals surface area contributed by atoms with Crippen molar-refractivity contribution in [2.45, 2.75) is 0 Å².